The number of hydrogen-bond donors (Lipinski definition) is 1. The molecule has 1 amide bonds. The Bertz CT molecular complexity index is 715. The lowest BCUT2D eigenvalue weighted by Gasteiger charge is -2.30. The first-order valence-corrected chi connectivity index (χ1v) is 9.19. The van der Waals surface area contributed by atoms with Crippen LogP contribution >= 0.6 is 0 Å². The van der Waals surface area contributed by atoms with Crippen LogP contribution in [0.1, 0.15) is 58.1 Å². The van der Waals surface area contributed by atoms with E-state index in [0.717, 1.165) is 42.1 Å². The van der Waals surface area contributed by atoms with Crippen LogP contribution in [0.5, 0.6) is 0 Å². The average Bonchev–Trinajstić information content (AvgIpc) is 3.21. The van der Waals surface area contributed by atoms with Crippen molar-refractivity contribution >= 4 is 11.5 Å². The molecule has 0 aromatic carbocycles. The third-order valence-electron chi connectivity index (χ3n) is 4.75. The number of methoxy groups -OCH3 is 1. The summed E-state index contributed by atoms with van der Waals surface area (Å²) < 4.78 is 5.56. The van der Waals surface area contributed by atoms with Gasteiger partial charge in [0.15, 0.2) is 0 Å². The van der Waals surface area contributed by atoms with Gasteiger partial charge in [-0.15, -0.1) is 0 Å². The minimum Gasteiger partial charge on any atom is -0.500 e. The van der Waals surface area contributed by atoms with Gasteiger partial charge in [0.05, 0.1) is 24.8 Å². The van der Waals surface area contributed by atoms with Crippen molar-refractivity contribution in [3.05, 3.63) is 48.3 Å². The number of rotatable bonds is 7. The highest BCUT2D eigenvalue weighted by Gasteiger charge is 2.38. The molecular weight excluding hydrogens is 326 g/mol. The number of aromatic amines is 1. The molecule has 1 N–H and O–H groups in total. The first kappa shape index (κ1) is 20.0. The number of H-pyrrole nitrogens is 1. The zero-order valence-electron chi connectivity index (χ0n) is 16.6. The highest BCUT2D eigenvalue weighted by atomic mass is 16.5. The number of nitrogens with one attached hydrogen (secondary N) is 1. The SMILES string of the molecule is C=C(C)/C=C(\OC)C(C(=O)N1CCCC1c1nc(C(=C)C)c[nH]1)C(C)C. The maximum absolute atomic E-state index is 13.4. The van der Waals surface area contributed by atoms with E-state index in [4.69, 9.17) is 4.74 Å². The summed E-state index contributed by atoms with van der Waals surface area (Å²) in [5, 5.41) is 0. The van der Waals surface area contributed by atoms with Crippen LogP contribution in [-0.2, 0) is 9.53 Å². The molecule has 2 heterocycles. The molecule has 2 unspecified atom stereocenters. The number of likely N-dealkylation sites (tertiary alicyclic amines) is 1. The van der Waals surface area contributed by atoms with Crippen LogP contribution in [-0.4, -0.2) is 34.4 Å². The van der Waals surface area contributed by atoms with E-state index >= 15 is 0 Å². The molecule has 0 bridgehead atoms. The van der Waals surface area contributed by atoms with Gasteiger partial charge in [-0.25, -0.2) is 4.98 Å². The first-order chi connectivity index (χ1) is 12.3. The fourth-order valence-electron chi connectivity index (χ4n) is 3.47. The zero-order valence-corrected chi connectivity index (χ0v) is 16.6. The molecule has 1 fully saturated rings. The third kappa shape index (κ3) is 4.26. The molecule has 1 aromatic heterocycles. The molecule has 0 saturated carbocycles. The Kier molecular flexibility index (Phi) is 6.46. The molecule has 5 nitrogen and oxygen atoms in total. The molecule has 0 aliphatic carbocycles. The van der Waals surface area contributed by atoms with Gasteiger partial charge < -0.3 is 14.6 Å². The predicted molar refractivity (Wildman–Crippen MR) is 105 cm³/mol. The van der Waals surface area contributed by atoms with Gasteiger partial charge in [-0.2, -0.15) is 0 Å². The van der Waals surface area contributed by atoms with Crippen LogP contribution in [0.15, 0.2) is 36.8 Å². The smallest absolute Gasteiger partial charge is 0.234 e. The van der Waals surface area contributed by atoms with Crippen molar-refractivity contribution in [1.82, 2.24) is 14.9 Å². The van der Waals surface area contributed by atoms with Gasteiger partial charge in [0, 0.05) is 12.7 Å². The van der Waals surface area contributed by atoms with Crippen LogP contribution < -0.4 is 0 Å². The van der Waals surface area contributed by atoms with E-state index in [1.807, 2.05) is 44.9 Å². The standard InChI is InChI=1S/C21H31N3O2/c1-13(2)11-18(26-7)19(15(5)6)21(25)24-10-8-9-17(24)20-22-12-16(23-20)14(3)4/h11-12,15,17,19H,1,3,8-10H2,2,4-7H3,(H,22,23)/b18-11-. The maximum Gasteiger partial charge on any atom is 0.234 e. The molecule has 1 saturated heterocycles. The summed E-state index contributed by atoms with van der Waals surface area (Å²) in [6.45, 7) is 16.5. The summed E-state index contributed by atoms with van der Waals surface area (Å²) in [6.07, 6.45) is 5.60. The molecule has 0 spiro atoms. The topological polar surface area (TPSA) is 58.2 Å². The Morgan fingerprint density at radius 2 is 2.12 bits per heavy atom. The highest BCUT2D eigenvalue weighted by molar-refractivity contribution is 5.82. The van der Waals surface area contributed by atoms with E-state index < -0.39 is 0 Å². The minimum atomic E-state index is -0.326. The van der Waals surface area contributed by atoms with Gasteiger partial charge in [0.2, 0.25) is 5.91 Å². The summed E-state index contributed by atoms with van der Waals surface area (Å²) in [6, 6.07) is -0.0280. The molecule has 0 radical (unpaired) electrons. The van der Waals surface area contributed by atoms with E-state index in [1.54, 1.807) is 7.11 Å². The Hall–Kier alpha value is -2.30. The third-order valence-corrected chi connectivity index (χ3v) is 4.75. The number of carbonyl (C=O) groups excluding carboxylic acids is 1. The van der Waals surface area contributed by atoms with E-state index in [-0.39, 0.29) is 23.8 Å². The van der Waals surface area contributed by atoms with Crippen molar-refractivity contribution in [3.8, 4) is 0 Å². The summed E-state index contributed by atoms with van der Waals surface area (Å²) in [7, 11) is 1.62. The molecular formula is C21H31N3O2. The molecule has 26 heavy (non-hydrogen) atoms. The molecule has 2 rings (SSSR count). The fraction of sp³-hybridized carbons (Fsp3) is 0.524. The normalized spacial score (nSPS) is 18.9. The van der Waals surface area contributed by atoms with Crippen molar-refractivity contribution in [1.29, 1.82) is 0 Å². The number of allylic oxidation sites excluding steroid dienone is 3. The van der Waals surface area contributed by atoms with Crippen LogP contribution in [0, 0.1) is 11.8 Å². The molecule has 1 aromatic rings. The van der Waals surface area contributed by atoms with Gasteiger partial charge in [-0.3, -0.25) is 4.79 Å². The highest BCUT2D eigenvalue weighted by Crippen LogP contribution is 2.35. The summed E-state index contributed by atoms with van der Waals surface area (Å²) in [4.78, 5) is 23.2. The molecule has 1 aliphatic heterocycles. The fourth-order valence-corrected chi connectivity index (χ4v) is 3.47. The predicted octanol–water partition coefficient (Wildman–Crippen LogP) is 4.48. The monoisotopic (exact) mass is 357 g/mol. The lowest BCUT2D eigenvalue weighted by molar-refractivity contribution is -0.137. The van der Waals surface area contributed by atoms with Crippen molar-refractivity contribution in [3.63, 3.8) is 0 Å². The number of aromatic nitrogens is 2. The first-order valence-electron chi connectivity index (χ1n) is 9.19. The van der Waals surface area contributed by atoms with Crippen molar-refractivity contribution in [2.24, 2.45) is 11.8 Å². The number of amides is 1. The summed E-state index contributed by atoms with van der Waals surface area (Å²) in [5.74, 6) is 1.39. The van der Waals surface area contributed by atoms with Crippen molar-refractivity contribution in [2.75, 3.05) is 13.7 Å². The van der Waals surface area contributed by atoms with Crippen LogP contribution in [0.3, 0.4) is 0 Å². The Labute approximate surface area is 156 Å². The van der Waals surface area contributed by atoms with Gasteiger partial charge in [-0.1, -0.05) is 32.6 Å². The van der Waals surface area contributed by atoms with Gasteiger partial charge >= 0.3 is 0 Å². The molecule has 2 atom stereocenters. The van der Waals surface area contributed by atoms with Crippen LogP contribution in [0.4, 0.5) is 0 Å². The number of ether oxygens (including phenoxy) is 1. The lowest BCUT2D eigenvalue weighted by Crippen LogP contribution is -2.39. The zero-order chi connectivity index (χ0) is 19.4. The number of carbonyl (C=O) groups is 1. The number of nitrogens with zero attached hydrogens (tertiary/aromatic N) is 2. The Morgan fingerprint density at radius 3 is 2.62 bits per heavy atom. The second-order valence-electron chi connectivity index (χ2n) is 7.46. The minimum absolute atomic E-state index is 0.0280. The van der Waals surface area contributed by atoms with E-state index in [0.29, 0.717) is 5.76 Å². The lowest BCUT2D eigenvalue weighted by atomic mass is 9.91. The summed E-state index contributed by atoms with van der Waals surface area (Å²) >= 11 is 0. The number of hydrogen-bond acceptors (Lipinski definition) is 3. The van der Waals surface area contributed by atoms with E-state index in [2.05, 4.69) is 23.1 Å². The largest absolute Gasteiger partial charge is 0.500 e. The van der Waals surface area contributed by atoms with Gasteiger partial charge in [0.1, 0.15) is 11.6 Å². The van der Waals surface area contributed by atoms with E-state index in [1.165, 1.54) is 0 Å². The van der Waals surface area contributed by atoms with Crippen LogP contribution in [0.2, 0.25) is 0 Å². The van der Waals surface area contributed by atoms with Crippen molar-refractivity contribution < 1.29 is 9.53 Å². The molecule has 1 aliphatic rings. The van der Waals surface area contributed by atoms with E-state index in [9.17, 15) is 4.79 Å². The second-order valence-corrected chi connectivity index (χ2v) is 7.46. The Morgan fingerprint density at radius 1 is 1.42 bits per heavy atom. The average molecular weight is 357 g/mol. The summed E-state index contributed by atoms with van der Waals surface area (Å²) in [5.41, 5.74) is 2.63. The van der Waals surface area contributed by atoms with Crippen LogP contribution in [0.25, 0.3) is 5.57 Å². The maximum atomic E-state index is 13.4. The van der Waals surface area contributed by atoms with Gasteiger partial charge in [-0.05, 0) is 44.3 Å². The molecule has 142 valence electrons. The van der Waals surface area contributed by atoms with Crippen molar-refractivity contribution in [2.45, 2.75) is 46.6 Å². The number of imidazole rings is 1. The molecule has 5 heteroatoms. The quantitative estimate of drug-likeness (QED) is 0.578. The Balaban J connectivity index is 2.31. The van der Waals surface area contributed by atoms with Gasteiger partial charge in [0.25, 0.3) is 0 Å². The second kappa shape index (κ2) is 8.39.